The molecule has 0 aromatic rings. The van der Waals surface area contributed by atoms with Crippen LogP contribution in [0.1, 0.15) is 90.9 Å². The summed E-state index contributed by atoms with van der Waals surface area (Å²) in [5, 5.41) is 0. The van der Waals surface area contributed by atoms with Gasteiger partial charge in [0.2, 0.25) is 0 Å². The van der Waals surface area contributed by atoms with E-state index in [9.17, 15) is 0 Å². The van der Waals surface area contributed by atoms with Crippen LogP contribution in [0.3, 0.4) is 0 Å². The molecule has 0 amide bonds. The van der Waals surface area contributed by atoms with Gasteiger partial charge in [-0.1, -0.05) is 84.5 Å². The minimum atomic E-state index is -0.172. The Morgan fingerprint density at radius 3 is 1.72 bits per heavy atom. The van der Waals surface area contributed by atoms with Crippen LogP contribution in [0.15, 0.2) is 0 Å². The van der Waals surface area contributed by atoms with Crippen LogP contribution in [-0.4, -0.2) is 27.4 Å². The summed E-state index contributed by atoms with van der Waals surface area (Å²) in [6.45, 7) is 5.61. The van der Waals surface area contributed by atoms with Gasteiger partial charge in [0.05, 0.1) is 0 Å². The highest BCUT2D eigenvalue weighted by molar-refractivity contribution is 6.26. The van der Waals surface area contributed by atoms with Crippen LogP contribution in [0.25, 0.3) is 0 Å². The van der Waals surface area contributed by atoms with Crippen molar-refractivity contribution in [1.82, 2.24) is 0 Å². The molecule has 0 atom stereocenters. The Kier molecular flexibility index (Phi) is 18.4. The van der Waals surface area contributed by atoms with Crippen LogP contribution in [-0.2, 0) is 3.17 Å². The molecule has 0 aromatic carbocycles. The van der Waals surface area contributed by atoms with E-state index in [0.29, 0.717) is 0 Å². The molecule has 2 heteroatoms. The summed E-state index contributed by atoms with van der Waals surface area (Å²) in [5.74, 6) is 0. The first-order chi connectivity index (χ1) is 8.91. The van der Waals surface area contributed by atoms with Gasteiger partial charge >= 0.3 is 20.8 Å². The molecule has 0 aliphatic rings. The summed E-state index contributed by atoms with van der Waals surface area (Å²) in [5.41, 5.74) is 0. The molecule has 0 saturated carbocycles. The summed E-state index contributed by atoms with van der Waals surface area (Å²) in [4.78, 5) is 0. The number of rotatable bonds is 15. The molecule has 0 aliphatic heterocycles. The molecule has 1 nitrogen and oxygen atoms in total. The largest absolute Gasteiger partial charge is 0.565 e. The zero-order valence-corrected chi connectivity index (χ0v) is 14.4. The Labute approximate surface area is 126 Å². The first kappa shape index (κ1) is 18.7. The standard InChI is InChI=1S/C8H17O.C8H17.Mg/c1-2-3-4-5-6-7-8-9;1-3-5-7-8-6-4-2;/h2-8H2,1H3;1,3-8H2,2H3;/q-1;;+1. The molecule has 0 aromatic heterocycles. The third-order valence-electron chi connectivity index (χ3n) is 3.53. The normalized spacial score (nSPS) is 10.6. The summed E-state index contributed by atoms with van der Waals surface area (Å²) >= 11 is -0.172. The lowest BCUT2D eigenvalue weighted by Gasteiger charge is -2.04. The predicted octanol–water partition coefficient (Wildman–Crippen LogP) is 5.76. The minimum absolute atomic E-state index is 0.172. The fourth-order valence-electron chi connectivity index (χ4n) is 2.25. The molecule has 0 N–H and O–H groups in total. The number of hydrogen-bond donors (Lipinski definition) is 0. The Morgan fingerprint density at radius 1 is 0.611 bits per heavy atom. The fraction of sp³-hybridized carbons (Fsp3) is 1.00. The van der Waals surface area contributed by atoms with Crippen molar-refractivity contribution in [2.75, 3.05) is 6.61 Å². The van der Waals surface area contributed by atoms with Gasteiger partial charge in [-0.2, -0.15) is 0 Å². The summed E-state index contributed by atoms with van der Waals surface area (Å²) in [6, 6.07) is 0. The lowest BCUT2D eigenvalue weighted by Crippen LogP contribution is -2.00. The van der Waals surface area contributed by atoms with Crippen LogP contribution in [0.5, 0.6) is 0 Å². The minimum Gasteiger partial charge on any atom is -0.565 e. The van der Waals surface area contributed by atoms with Crippen molar-refractivity contribution in [2.24, 2.45) is 0 Å². The highest BCUT2D eigenvalue weighted by Gasteiger charge is 1.98. The predicted molar refractivity (Wildman–Crippen MR) is 83.3 cm³/mol. The van der Waals surface area contributed by atoms with Gasteiger partial charge in [-0.3, -0.25) is 0 Å². The average molecular weight is 267 g/mol. The molecule has 106 valence electrons. The molecule has 0 aliphatic carbocycles. The molecule has 18 heavy (non-hydrogen) atoms. The molecule has 0 radical (unpaired) electrons. The van der Waals surface area contributed by atoms with Crippen LogP contribution in [0.4, 0.5) is 0 Å². The molecule has 0 heterocycles. The van der Waals surface area contributed by atoms with Crippen molar-refractivity contribution < 1.29 is 3.17 Å². The topological polar surface area (TPSA) is 9.23 Å². The van der Waals surface area contributed by atoms with E-state index in [2.05, 4.69) is 13.8 Å². The monoisotopic (exact) mass is 266 g/mol. The zero-order valence-electron chi connectivity index (χ0n) is 13.0. The average Bonchev–Trinajstić information content (AvgIpc) is 2.39. The molecular formula is C16H34MgO. The Bertz CT molecular complexity index is 123. The molecular weight excluding hydrogens is 232 g/mol. The molecule has 0 rings (SSSR count). The molecule has 0 bridgehead atoms. The van der Waals surface area contributed by atoms with Crippen LogP contribution in [0, 0.1) is 0 Å². The summed E-state index contributed by atoms with van der Waals surface area (Å²) < 4.78 is 7.21. The lowest BCUT2D eigenvalue weighted by atomic mass is 10.1. The van der Waals surface area contributed by atoms with Gasteiger partial charge < -0.3 is 3.17 Å². The van der Waals surface area contributed by atoms with E-state index >= 15 is 0 Å². The highest BCUT2D eigenvalue weighted by Crippen LogP contribution is 2.07. The van der Waals surface area contributed by atoms with Crippen molar-refractivity contribution in [2.45, 2.75) is 95.4 Å². The van der Waals surface area contributed by atoms with Crippen molar-refractivity contribution in [3.05, 3.63) is 0 Å². The third kappa shape index (κ3) is 16.7. The lowest BCUT2D eigenvalue weighted by molar-refractivity contribution is 0.319. The van der Waals surface area contributed by atoms with Crippen molar-refractivity contribution >= 4 is 20.8 Å². The Hall–Kier alpha value is 0.726. The molecule has 0 saturated heterocycles. The number of hydrogen-bond acceptors (Lipinski definition) is 1. The zero-order chi connectivity index (χ0) is 13.3. The van der Waals surface area contributed by atoms with E-state index < -0.39 is 0 Å². The van der Waals surface area contributed by atoms with Crippen LogP contribution < -0.4 is 0 Å². The van der Waals surface area contributed by atoms with Gasteiger partial charge in [0.15, 0.2) is 0 Å². The second-order valence-electron chi connectivity index (χ2n) is 5.50. The van der Waals surface area contributed by atoms with E-state index in [1.165, 1.54) is 81.6 Å². The molecule has 0 spiro atoms. The Balaban J connectivity index is 2.86. The first-order valence-corrected chi connectivity index (χ1v) is 10.1. The second kappa shape index (κ2) is 17.7. The van der Waals surface area contributed by atoms with Crippen molar-refractivity contribution in [1.29, 1.82) is 0 Å². The summed E-state index contributed by atoms with van der Waals surface area (Å²) in [6.07, 6.45) is 16.8. The highest BCUT2D eigenvalue weighted by atomic mass is 24.5. The summed E-state index contributed by atoms with van der Waals surface area (Å²) in [7, 11) is 0. The fourth-order valence-corrected chi connectivity index (χ4v) is 3.42. The first-order valence-electron chi connectivity index (χ1n) is 8.49. The van der Waals surface area contributed by atoms with E-state index in [0.717, 1.165) is 6.61 Å². The maximum Gasteiger partial charge on any atom is 0.565 e. The smallest absolute Gasteiger partial charge is 0.565 e. The maximum atomic E-state index is 5.81. The maximum absolute atomic E-state index is 5.81. The van der Waals surface area contributed by atoms with Crippen LogP contribution in [0.2, 0.25) is 4.55 Å². The molecule has 0 fully saturated rings. The van der Waals surface area contributed by atoms with Gasteiger partial charge in [-0.25, -0.2) is 0 Å². The number of unbranched alkanes of at least 4 members (excludes halogenated alkanes) is 10. The van der Waals surface area contributed by atoms with E-state index in [-0.39, 0.29) is 20.8 Å². The second-order valence-corrected chi connectivity index (χ2v) is 7.03. The van der Waals surface area contributed by atoms with E-state index in [1.807, 2.05) is 0 Å². The van der Waals surface area contributed by atoms with Crippen molar-refractivity contribution in [3.8, 4) is 0 Å². The van der Waals surface area contributed by atoms with Gasteiger partial charge in [-0.05, 0) is 6.42 Å². The SMILES string of the molecule is CCCCCCCC[O][Mg][CH2]CCCCCCC. The molecule has 0 unspecified atom stereocenters. The van der Waals surface area contributed by atoms with Gasteiger partial charge in [-0.15, -0.1) is 4.55 Å². The van der Waals surface area contributed by atoms with E-state index in [1.54, 1.807) is 0 Å². The van der Waals surface area contributed by atoms with Gasteiger partial charge in [0.25, 0.3) is 0 Å². The third-order valence-corrected chi connectivity index (χ3v) is 4.90. The quantitative estimate of drug-likeness (QED) is 0.270. The van der Waals surface area contributed by atoms with E-state index in [4.69, 9.17) is 3.17 Å². The van der Waals surface area contributed by atoms with Crippen molar-refractivity contribution in [3.63, 3.8) is 0 Å². The van der Waals surface area contributed by atoms with Gasteiger partial charge in [0, 0.05) is 6.61 Å². The van der Waals surface area contributed by atoms with Crippen LogP contribution >= 0.6 is 0 Å². The Morgan fingerprint density at radius 2 is 1.11 bits per heavy atom. The van der Waals surface area contributed by atoms with Gasteiger partial charge in [0.1, 0.15) is 0 Å².